The van der Waals surface area contributed by atoms with E-state index in [0.717, 1.165) is 4.90 Å². The zero-order chi connectivity index (χ0) is 14.7. The van der Waals surface area contributed by atoms with Crippen molar-refractivity contribution in [2.75, 3.05) is 6.54 Å². The molecule has 1 fully saturated rings. The normalized spacial score (nSPS) is 18.4. The lowest BCUT2D eigenvalue weighted by atomic mass is 10.1. The standard InChI is InChI=1S/C13H11NO5S/c15-9(8-4-2-1-3-5-8)7-14-12(18)10(6-11(16)17)20-13(14)19/h1-5,10H,6-7H2,(H,16,17)/p-1/t10-/m0/s1. The summed E-state index contributed by atoms with van der Waals surface area (Å²) in [7, 11) is 0. The molecule has 6 nitrogen and oxygen atoms in total. The number of ketones is 1. The van der Waals surface area contributed by atoms with Gasteiger partial charge in [-0.25, -0.2) is 0 Å². The molecule has 0 spiro atoms. The van der Waals surface area contributed by atoms with Crippen LogP contribution in [0, 0.1) is 0 Å². The van der Waals surface area contributed by atoms with E-state index in [0.29, 0.717) is 17.3 Å². The second-order valence-electron chi connectivity index (χ2n) is 4.16. The third-order valence-corrected chi connectivity index (χ3v) is 3.83. The zero-order valence-corrected chi connectivity index (χ0v) is 11.1. The molecule has 0 bridgehead atoms. The topological polar surface area (TPSA) is 94.6 Å². The summed E-state index contributed by atoms with van der Waals surface area (Å²) in [5, 5.41) is 8.87. The highest BCUT2D eigenvalue weighted by Gasteiger charge is 2.40. The number of nitrogens with zero attached hydrogens (tertiary/aromatic N) is 1. The number of carboxylic acids is 1. The molecule has 1 heterocycles. The summed E-state index contributed by atoms with van der Waals surface area (Å²) < 4.78 is 0. The highest BCUT2D eigenvalue weighted by molar-refractivity contribution is 8.15. The van der Waals surface area contributed by atoms with E-state index in [1.807, 2.05) is 0 Å². The number of hydrogen-bond acceptors (Lipinski definition) is 6. The van der Waals surface area contributed by atoms with Crippen LogP contribution in [0.25, 0.3) is 0 Å². The molecule has 1 atom stereocenters. The first-order valence-electron chi connectivity index (χ1n) is 5.79. The van der Waals surface area contributed by atoms with E-state index in [2.05, 4.69) is 0 Å². The lowest BCUT2D eigenvalue weighted by Gasteiger charge is -2.13. The molecule has 0 unspecified atom stereocenters. The van der Waals surface area contributed by atoms with Crippen molar-refractivity contribution in [3.05, 3.63) is 35.9 Å². The fourth-order valence-electron chi connectivity index (χ4n) is 1.78. The number of rotatable bonds is 5. The summed E-state index contributed by atoms with van der Waals surface area (Å²) in [6.45, 7) is -0.377. The third kappa shape index (κ3) is 3.05. The molecule has 0 aliphatic carbocycles. The molecule has 7 heteroatoms. The molecule has 1 aromatic carbocycles. The van der Waals surface area contributed by atoms with Gasteiger partial charge in [-0.2, -0.15) is 0 Å². The average Bonchev–Trinajstić information content (AvgIpc) is 2.66. The zero-order valence-electron chi connectivity index (χ0n) is 10.3. The molecule has 104 valence electrons. The van der Waals surface area contributed by atoms with Gasteiger partial charge < -0.3 is 9.90 Å². The van der Waals surface area contributed by atoms with Crippen molar-refractivity contribution >= 4 is 34.7 Å². The molecule has 0 aromatic heterocycles. The molecular weight excluding hydrogens is 282 g/mol. The minimum absolute atomic E-state index is 0.373. The Morgan fingerprint density at radius 1 is 1.20 bits per heavy atom. The quantitative estimate of drug-likeness (QED) is 0.713. The van der Waals surface area contributed by atoms with Gasteiger partial charge in [0.25, 0.3) is 5.24 Å². The number of benzene rings is 1. The van der Waals surface area contributed by atoms with Gasteiger partial charge in [-0.05, 0) is 0 Å². The van der Waals surface area contributed by atoms with Gasteiger partial charge in [-0.3, -0.25) is 19.3 Å². The number of amides is 2. The predicted octanol–water partition coefficient (Wildman–Crippen LogP) is 0.0733. The van der Waals surface area contributed by atoms with Crippen molar-refractivity contribution in [2.45, 2.75) is 11.7 Å². The van der Waals surface area contributed by atoms with E-state index in [1.54, 1.807) is 30.3 Å². The fourth-order valence-corrected chi connectivity index (χ4v) is 2.75. The number of thioether (sulfide) groups is 1. The second kappa shape index (κ2) is 5.87. The van der Waals surface area contributed by atoms with E-state index in [1.165, 1.54) is 0 Å². The number of carbonyl (C=O) groups excluding carboxylic acids is 4. The maximum absolute atomic E-state index is 11.9. The van der Waals surface area contributed by atoms with Crippen LogP contribution in [0.15, 0.2) is 30.3 Å². The first kappa shape index (κ1) is 14.3. The first-order valence-corrected chi connectivity index (χ1v) is 6.67. The molecule has 1 aliphatic rings. The van der Waals surface area contributed by atoms with Gasteiger partial charge in [0.2, 0.25) is 5.91 Å². The van der Waals surface area contributed by atoms with Gasteiger partial charge in [-0.1, -0.05) is 42.1 Å². The molecule has 20 heavy (non-hydrogen) atoms. The molecule has 1 aromatic rings. The van der Waals surface area contributed by atoms with Crippen LogP contribution >= 0.6 is 11.8 Å². The van der Waals surface area contributed by atoms with Crippen LogP contribution in [0.5, 0.6) is 0 Å². The van der Waals surface area contributed by atoms with Gasteiger partial charge >= 0.3 is 0 Å². The van der Waals surface area contributed by atoms with E-state index >= 15 is 0 Å². The Bertz CT molecular complexity index is 571. The van der Waals surface area contributed by atoms with E-state index in [-0.39, 0.29) is 12.3 Å². The summed E-state index contributed by atoms with van der Waals surface area (Å²) in [6, 6.07) is 8.26. The largest absolute Gasteiger partial charge is 0.550 e. The van der Waals surface area contributed by atoms with Crippen molar-refractivity contribution in [3.63, 3.8) is 0 Å². The second-order valence-corrected chi connectivity index (χ2v) is 5.32. The van der Waals surface area contributed by atoms with Gasteiger partial charge in [0.05, 0.1) is 11.8 Å². The third-order valence-electron chi connectivity index (χ3n) is 2.75. The number of aliphatic carboxylic acids is 1. The van der Waals surface area contributed by atoms with Crippen LogP contribution in [-0.4, -0.2) is 39.6 Å². The van der Waals surface area contributed by atoms with E-state index in [9.17, 15) is 24.3 Å². The highest BCUT2D eigenvalue weighted by Crippen LogP contribution is 2.29. The smallest absolute Gasteiger partial charge is 0.289 e. The van der Waals surface area contributed by atoms with Crippen LogP contribution in [0.3, 0.4) is 0 Å². The molecule has 0 saturated carbocycles. The van der Waals surface area contributed by atoms with E-state index < -0.39 is 28.8 Å². The molecule has 0 N–H and O–H groups in total. The van der Waals surface area contributed by atoms with Gasteiger partial charge in [0.1, 0.15) is 0 Å². The molecule has 0 radical (unpaired) electrons. The Morgan fingerprint density at radius 2 is 1.85 bits per heavy atom. The van der Waals surface area contributed by atoms with Crippen molar-refractivity contribution in [1.29, 1.82) is 0 Å². The molecule has 2 rings (SSSR count). The number of carbonyl (C=O) groups is 4. The van der Waals surface area contributed by atoms with Crippen molar-refractivity contribution in [3.8, 4) is 0 Å². The summed E-state index contributed by atoms with van der Waals surface area (Å²) in [6.07, 6.45) is -0.536. The van der Waals surface area contributed by atoms with Crippen LogP contribution in [-0.2, 0) is 9.59 Å². The molecule has 2 amide bonds. The SMILES string of the molecule is O=C([O-])C[C@@H]1SC(=O)N(CC(=O)c2ccccc2)C1=O. The minimum Gasteiger partial charge on any atom is -0.550 e. The van der Waals surface area contributed by atoms with Crippen LogP contribution in [0.1, 0.15) is 16.8 Å². The first-order chi connectivity index (χ1) is 9.49. The summed E-state index contributed by atoms with van der Waals surface area (Å²) >= 11 is 0.612. The Kier molecular flexibility index (Phi) is 4.19. The summed E-state index contributed by atoms with van der Waals surface area (Å²) in [4.78, 5) is 46.7. The Morgan fingerprint density at radius 3 is 2.45 bits per heavy atom. The molecule has 1 saturated heterocycles. The lowest BCUT2D eigenvalue weighted by Crippen LogP contribution is -2.37. The average molecular weight is 292 g/mol. The highest BCUT2D eigenvalue weighted by atomic mass is 32.2. The molecular formula is C13H10NO5S-. The lowest BCUT2D eigenvalue weighted by molar-refractivity contribution is -0.305. The minimum atomic E-state index is -1.40. The van der Waals surface area contributed by atoms with Crippen molar-refractivity contribution in [1.82, 2.24) is 4.90 Å². The summed E-state index contributed by atoms with van der Waals surface area (Å²) in [5.74, 6) is -2.43. The monoisotopic (exact) mass is 292 g/mol. The Hall–Kier alpha value is -2.15. The summed E-state index contributed by atoms with van der Waals surface area (Å²) in [5.41, 5.74) is 0.390. The number of carboxylic acid groups (broad SMARTS) is 1. The fraction of sp³-hybridized carbons (Fsp3) is 0.231. The van der Waals surface area contributed by atoms with Gasteiger partial charge in [0, 0.05) is 18.0 Å². The van der Waals surface area contributed by atoms with Crippen LogP contribution in [0.4, 0.5) is 4.79 Å². The van der Waals surface area contributed by atoms with Gasteiger partial charge in [0.15, 0.2) is 5.78 Å². The Balaban J connectivity index is 2.06. The van der Waals surface area contributed by atoms with Crippen LogP contribution in [0.2, 0.25) is 0 Å². The maximum Gasteiger partial charge on any atom is 0.289 e. The van der Waals surface area contributed by atoms with Crippen molar-refractivity contribution in [2.24, 2.45) is 0 Å². The number of hydrogen-bond donors (Lipinski definition) is 0. The maximum atomic E-state index is 11.9. The predicted molar refractivity (Wildman–Crippen MR) is 68.9 cm³/mol. The van der Waals surface area contributed by atoms with Crippen LogP contribution < -0.4 is 5.11 Å². The van der Waals surface area contributed by atoms with Crippen molar-refractivity contribution < 1.29 is 24.3 Å². The Labute approximate surface area is 118 Å². The number of Topliss-reactive ketones (excluding diaryl/α,β-unsaturated/α-hetero) is 1. The van der Waals surface area contributed by atoms with Gasteiger partial charge in [-0.15, -0.1) is 0 Å². The van der Waals surface area contributed by atoms with E-state index in [4.69, 9.17) is 0 Å². The number of imide groups is 1. The molecule has 1 aliphatic heterocycles.